The Hall–Kier alpha value is -2.53. The second kappa shape index (κ2) is 10.0. The lowest BCUT2D eigenvalue weighted by molar-refractivity contribution is -0.0856. The molecule has 0 radical (unpaired) electrons. The number of aliphatic hydroxyl groups is 1. The van der Waals surface area contributed by atoms with Crippen molar-refractivity contribution in [1.29, 1.82) is 0 Å². The van der Waals surface area contributed by atoms with E-state index < -0.39 is 11.8 Å². The van der Waals surface area contributed by atoms with Crippen LogP contribution in [0.5, 0.6) is 6.01 Å². The van der Waals surface area contributed by atoms with Crippen LogP contribution in [0.2, 0.25) is 0 Å². The van der Waals surface area contributed by atoms with Crippen LogP contribution in [0.4, 0.5) is 15.9 Å². The summed E-state index contributed by atoms with van der Waals surface area (Å²) in [7, 11) is 0. The van der Waals surface area contributed by atoms with Crippen LogP contribution in [0.15, 0.2) is 18.2 Å². The number of rotatable bonds is 4. The second-order valence-electron chi connectivity index (χ2n) is 13.9. The summed E-state index contributed by atoms with van der Waals surface area (Å²) in [5.74, 6) is 0.843. The van der Waals surface area contributed by atoms with Crippen molar-refractivity contribution in [2.45, 2.75) is 87.8 Å². The highest BCUT2D eigenvalue weighted by Gasteiger charge is 2.50. The van der Waals surface area contributed by atoms with E-state index in [1.807, 2.05) is 6.07 Å². The number of anilines is 2. The van der Waals surface area contributed by atoms with Crippen molar-refractivity contribution >= 4 is 11.5 Å². The van der Waals surface area contributed by atoms with E-state index in [1.54, 1.807) is 0 Å². The molecule has 4 aliphatic heterocycles. The molecule has 2 spiro atoms. The number of halogens is 1. The number of nitrogens with two attached hydrogens (primary N) is 1. The van der Waals surface area contributed by atoms with E-state index in [0.717, 1.165) is 80.8 Å². The maximum absolute atomic E-state index is 14.5. The first-order valence-corrected chi connectivity index (χ1v) is 15.8. The van der Waals surface area contributed by atoms with E-state index in [1.165, 1.54) is 11.1 Å². The van der Waals surface area contributed by atoms with E-state index >= 15 is 0 Å². The van der Waals surface area contributed by atoms with Crippen molar-refractivity contribution in [2.24, 2.45) is 5.41 Å². The Morgan fingerprint density at radius 1 is 1.14 bits per heavy atom. The van der Waals surface area contributed by atoms with Crippen molar-refractivity contribution in [1.82, 2.24) is 14.9 Å². The molecule has 0 bridgehead atoms. The predicted octanol–water partition coefficient (Wildman–Crippen LogP) is 3.30. The highest BCUT2D eigenvalue weighted by Crippen LogP contribution is 2.48. The van der Waals surface area contributed by atoms with Crippen molar-refractivity contribution in [2.75, 3.05) is 56.6 Å². The molecule has 1 saturated carbocycles. The number of alkyl halides is 1. The van der Waals surface area contributed by atoms with Gasteiger partial charge in [-0.1, -0.05) is 6.07 Å². The van der Waals surface area contributed by atoms with E-state index in [9.17, 15) is 9.50 Å². The molecule has 5 heterocycles. The molecule has 226 valence electrons. The first kappa shape index (κ1) is 27.0. The minimum Gasteiger partial charge on any atom is -0.461 e. The third kappa shape index (κ3) is 4.48. The molecule has 1 unspecified atom stereocenters. The molecule has 2 aromatic rings. The van der Waals surface area contributed by atoms with Gasteiger partial charge in [0.05, 0.1) is 42.8 Å². The normalized spacial score (nSPS) is 35.9. The Kier molecular flexibility index (Phi) is 6.44. The van der Waals surface area contributed by atoms with Crippen LogP contribution in [-0.4, -0.2) is 83.8 Å². The number of aromatic nitrogens is 2. The fourth-order valence-electron chi connectivity index (χ4n) is 8.92. The number of fused-ring (bicyclic) bond motifs is 4. The quantitative estimate of drug-likeness (QED) is 0.528. The van der Waals surface area contributed by atoms with Crippen LogP contribution in [0.3, 0.4) is 0 Å². The SMILES string of the molecule is Nc1ccc2c(c1)C1(CCC2)Cc2nc(OC[C@@]34CCCN3C[C@H](F)C4)nc(N3CCOCC4(CC(O)C4)C3)c2CO1. The molecule has 1 aromatic carbocycles. The van der Waals surface area contributed by atoms with Gasteiger partial charge < -0.3 is 30.0 Å². The molecule has 2 aliphatic carbocycles. The van der Waals surface area contributed by atoms with Crippen LogP contribution in [-0.2, 0) is 34.5 Å². The maximum atomic E-state index is 14.5. The van der Waals surface area contributed by atoms with Gasteiger partial charge in [-0.2, -0.15) is 9.97 Å². The Bertz CT molecular complexity index is 1370. The average Bonchev–Trinajstić information content (AvgIpc) is 3.38. The summed E-state index contributed by atoms with van der Waals surface area (Å²) in [5.41, 5.74) is 10.6. The van der Waals surface area contributed by atoms with Crippen LogP contribution in [0.1, 0.15) is 67.3 Å². The number of nitrogens with zero attached hydrogens (tertiary/aromatic N) is 4. The zero-order valence-electron chi connectivity index (χ0n) is 24.3. The summed E-state index contributed by atoms with van der Waals surface area (Å²) in [6.45, 7) is 4.93. The molecule has 3 saturated heterocycles. The first-order valence-electron chi connectivity index (χ1n) is 15.8. The molecule has 3 N–H and O–H groups in total. The number of aryl methyl sites for hydroxylation is 1. The summed E-state index contributed by atoms with van der Waals surface area (Å²) >= 11 is 0. The fourth-order valence-corrected chi connectivity index (χ4v) is 8.92. The van der Waals surface area contributed by atoms with Crippen molar-refractivity contribution in [3.05, 3.63) is 40.6 Å². The Balaban J connectivity index is 1.16. The van der Waals surface area contributed by atoms with Crippen LogP contribution in [0, 0.1) is 5.41 Å². The second-order valence-corrected chi connectivity index (χ2v) is 13.9. The molecule has 0 amide bonds. The molecular formula is C32H42FN5O4. The van der Waals surface area contributed by atoms with Crippen LogP contribution >= 0.6 is 0 Å². The smallest absolute Gasteiger partial charge is 0.318 e. The standard InChI is InChI=1S/C32H42FN5O4/c33-22-12-31(6-2-8-38(31)16-22)20-41-29-35-27-15-32(7-1-3-21-4-5-23(34)11-26(21)32)42-17-25(27)28(36-29)37-9-10-40-19-30(18-37)13-24(39)14-30/h4-5,11,22,24,39H,1-3,6-10,12-20,34H2/t22-,24?,30?,31+,32?/m1/s1. The minimum absolute atomic E-state index is 0.0748. The fraction of sp³-hybridized carbons (Fsp3) is 0.688. The Morgan fingerprint density at radius 3 is 2.93 bits per heavy atom. The molecule has 42 heavy (non-hydrogen) atoms. The number of aliphatic hydroxyl groups excluding tert-OH is 1. The summed E-state index contributed by atoms with van der Waals surface area (Å²) in [5, 5.41) is 10.2. The molecule has 4 fully saturated rings. The van der Waals surface area contributed by atoms with E-state index in [4.69, 9.17) is 29.9 Å². The molecular weight excluding hydrogens is 537 g/mol. The Labute approximate surface area is 246 Å². The van der Waals surface area contributed by atoms with Gasteiger partial charge in [-0.25, -0.2) is 4.39 Å². The first-order chi connectivity index (χ1) is 20.3. The lowest BCUT2D eigenvalue weighted by Crippen LogP contribution is -2.50. The van der Waals surface area contributed by atoms with Gasteiger partial charge in [-0.05, 0) is 74.8 Å². The third-order valence-corrected chi connectivity index (χ3v) is 11.0. The Morgan fingerprint density at radius 2 is 2.05 bits per heavy atom. The van der Waals surface area contributed by atoms with Crippen molar-refractivity contribution in [3.8, 4) is 6.01 Å². The zero-order chi connectivity index (χ0) is 28.5. The van der Waals surface area contributed by atoms with Gasteiger partial charge in [0, 0.05) is 49.1 Å². The van der Waals surface area contributed by atoms with Gasteiger partial charge in [0.15, 0.2) is 0 Å². The molecule has 1 aromatic heterocycles. The summed E-state index contributed by atoms with van der Waals surface area (Å²) in [4.78, 5) is 14.7. The predicted molar refractivity (Wildman–Crippen MR) is 155 cm³/mol. The highest BCUT2D eigenvalue weighted by molar-refractivity contribution is 5.54. The van der Waals surface area contributed by atoms with Gasteiger partial charge >= 0.3 is 6.01 Å². The molecule has 8 rings (SSSR count). The maximum Gasteiger partial charge on any atom is 0.318 e. The number of ether oxygens (including phenoxy) is 3. The highest BCUT2D eigenvalue weighted by atomic mass is 19.1. The van der Waals surface area contributed by atoms with E-state index in [-0.39, 0.29) is 17.1 Å². The molecule has 6 aliphatic rings. The van der Waals surface area contributed by atoms with Crippen LogP contribution in [0.25, 0.3) is 0 Å². The van der Waals surface area contributed by atoms with Gasteiger partial charge in [0.2, 0.25) is 0 Å². The van der Waals surface area contributed by atoms with Crippen molar-refractivity contribution in [3.63, 3.8) is 0 Å². The number of hydrogen-bond donors (Lipinski definition) is 2. The third-order valence-electron chi connectivity index (χ3n) is 11.0. The number of nitrogen functional groups attached to an aromatic ring is 1. The largest absolute Gasteiger partial charge is 0.461 e. The van der Waals surface area contributed by atoms with Gasteiger partial charge in [0.1, 0.15) is 18.6 Å². The summed E-state index contributed by atoms with van der Waals surface area (Å²) in [6, 6.07) is 6.56. The molecule has 3 atom stereocenters. The van der Waals surface area contributed by atoms with Gasteiger partial charge in [-0.15, -0.1) is 0 Å². The number of hydrogen-bond acceptors (Lipinski definition) is 9. The number of benzene rings is 1. The lowest BCUT2D eigenvalue weighted by Gasteiger charge is -2.47. The van der Waals surface area contributed by atoms with Crippen LogP contribution < -0.4 is 15.4 Å². The van der Waals surface area contributed by atoms with E-state index in [2.05, 4.69) is 21.9 Å². The molecule has 9 nitrogen and oxygen atoms in total. The zero-order valence-corrected chi connectivity index (χ0v) is 24.3. The lowest BCUT2D eigenvalue weighted by atomic mass is 9.67. The topological polar surface area (TPSA) is 106 Å². The average molecular weight is 580 g/mol. The molecule has 10 heteroatoms. The van der Waals surface area contributed by atoms with E-state index in [0.29, 0.717) is 58.4 Å². The van der Waals surface area contributed by atoms with Crippen molar-refractivity contribution < 1.29 is 23.7 Å². The van der Waals surface area contributed by atoms with Gasteiger partial charge in [0.25, 0.3) is 0 Å². The summed E-state index contributed by atoms with van der Waals surface area (Å²) < 4.78 is 33.8. The van der Waals surface area contributed by atoms with Gasteiger partial charge in [-0.3, -0.25) is 4.90 Å². The summed E-state index contributed by atoms with van der Waals surface area (Å²) in [6.07, 6.45) is 6.51. The monoisotopic (exact) mass is 579 g/mol. The minimum atomic E-state index is -0.809.